The van der Waals surface area contributed by atoms with E-state index in [1.54, 1.807) is 18.2 Å². The standard InChI is InChI=1S/C15H21ClN2O2/c16-12-5-6-14(13(17)9-12)18-15(19)7-8-20-10-11-3-1-2-4-11/h5-6,9,11H,1-4,7-8,10,17H2,(H,18,19). The molecule has 0 atom stereocenters. The average Bonchev–Trinajstić information content (AvgIpc) is 2.91. The Morgan fingerprint density at radius 1 is 1.40 bits per heavy atom. The number of hydrogen-bond donors (Lipinski definition) is 2. The molecule has 1 fully saturated rings. The minimum Gasteiger partial charge on any atom is -0.397 e. The summed E-state index contributed by atoms with van der Waals surface area (Å²) in [7, 11) is 0. The molecule has 1 aliphatic carbocycles. The van der Waals surface area contributed by atoms with Gasteiger partial charge in [0.15, 0.2) is 0 Å². The van der Waals surface area contributed by atoms with Gasteiger partial charge in [-0.3, -0.25) is 4.79 Å². The molecule has 0 unspecified atom stereocenters. The van der Waals surface area contributed by atoms with E-state index in [1.807, 2.05) is 0 Å². The number of nitrogens with one attached hydrogen (secondary N) is 1. The number of anilines is 2. The highest BCUT2D eigenvalue weighted by molar-refractivity contribution is 6.31. The molecule has 1 amide bonds. The summed E-state index contributed by atoms with van der Waals surface area (Å²) in [5.74, 6) is 0.593. The van der Waals surface area contributed by atoms with Crippen molar-refractivity contribution in [3.63, 3.8) is 0 Å². The fourth-order valence-corrected chi connectivity index (χ4v) is 2.63. The maximum Gasteiger partial charge on any atom is 0.226 e. The summed E-state index contributed by atoms with van der Waals surface area (Å²) in [4.78, 5) is 11.8. The largest absolute Gasteiger partial charge is 0.397 e. The van der Waals surface area contributed by atoms with Gasteiger partial charge in [0.05, 0.1) is 24.4 Å². The summed E-state index contributed by atoms with van der Waals surface area (Å²) in [6.07, 6.45) is 5.48. The highest BCUT2D eigenvalue weighted by Crippen LogP contribution is 2.25. The quantitative estimate of drug-likeness (QED) is 0.624. The van der Waals surface area contributed by atoms with Crippen molar-refractivity contribution in [3.05, 3.63) is 23.2 Å². The molecule has 20 heavy (non-hydrogen) atoms. The van der Waals surface area contributed by atoms with Gasteiger partial charge in [-0.25, -0.2) is 0 Å². The molecule has 1 saturated carbocycles. The summed E-state index contributed by atoms with van der Waals surface area (Å²) in [6.45, 7) is 1.23. The highest BCUT2D eigenvalue weighted by atomic mass is 35.5. The van der Waals surface area contributed by atoms with Crippen molar-refractivity contribution in [2.45, 2.75) is 32.1 Å². The summed E-state index contributed by atoms with van der Waals surface area (Å²) < 4.78 is 5.56. The number of ether oxygens (including phenoxy) is 1. The fourth-order valence-electron chi connectivity index (χ4n) is 2.45. The lowest BCUT2D eigenvalue weighted by atomic mass is 10.1. The van der Waals surface area contributed by atoms with Crippen molar-refractivity contribution in [1.82, 2.24) is 0 Å². The van der Waals surface area contributed by atoms with Crippen LogP contribution in [-0.4, -0.2) is 19.1 Å². The van der Waals surface area contributed by atoms with Crippen LogP contribution in [0.3, 0.4) is 0 Å². The van der Waals surface area contributed by atoms with Crippen molar-refractivity contribution in [3.8, 4) is 0 Å². The number of halogens is 1. The Hall–Kier alpha value is -1.26. The second-order valence-corrected chi connectivity index (χ2v) is 5.69. The van der Waals surface area contributed by atoms with Crippen LogP contribution in [0.1, 0.15) is 32.1 Å². The van der Waals surface area contributed by atoms with E-state index in [-0.39, 0.29) is 5.91 Å². The van der Waals surface area contributed by atoms with Crippen LogP contribution < -0.4 is 11.1 Å². The number of carbonyl (C=O) groups is 1. The Bertz CT molecular complexity index is 459. The number of amides is 1. The lowest BCUT2D eigenvalue weighted by Crippen LogP contribution is -2.16. The van der Waals surface area contributed by atoms with Crippen LogP contribution in [0.25, 0.3) is 0 Å². The maximum absolute atomic E-state index is 11.8. The van der Waals surface area contributed by atoms with Gasteiger partial charge in [0.2, 0.25) is 5.91 Å². The fraction of sp³-hybridized carbons (Fsp3) is 0.533. The van der Waals surface area contributed by atoms with Crippen LogP contribution in [0.2, 0.25) is 5.02 Å². The molecule has 3 N–H and O–H groups in total. The second-order valence-electron chi connectivity index (χ2n) is 5.26. The lowest BCUT2D eigenvalue weighted by molar-refractivity contribution is -0.117. The van der Waals surface area contributed by atoms with Crippen molar-refractivity contribution < 1.29 is 9.53 Å². The first-order chi connectivity index (χ1) is 9.65. The summed E-state index contributed by atoms with van der Waals surface area (Å²) >= 11 is 5.81. The Labute approximate surface area is 124 Å². The van der Waals surface area contributed by atoms with Gasteiger partial charge in [0, 0.05) is 11.6 Å². The van der Waals surface area contributed by atoms with E-state index in [1.165, 1.54) is 25.7 Å². The SMILES string of the molecule is Nc1cc(Cl)ccc1NC(=O)CCOCC1CCCC1. The topological polar surface area (TPSA) is 64.3 Å². The van der Waals surface area contributed by atoms with Crippen LogP contribution in [0.5, 0.6) is 0 Å². The third-order valence-electron chi connectivity index (χ3n) is 3.59. The molecule has 5 heteroatoms. The number of benzene rings is 1. The minimum absolute atomic E-state index is 0.0922. The van der Waals surface area contributed by atoms with E-state index in [4.69, 9.17) is 22.1 Å². The summed E-state index contributed by atoms with van der Waals surface area (Å²) in [5.41, 5.74) is 6.84. The van der Waals surface area contributed by atoms with E-state index < -0.39 is 0 Å². The maximum atomic E-state index is 11.8. The molecule has 1 aromatic rings. The molecular formula is C15H21ClN2O2. The molecule has 0 bridgehead atoms. The van der Waals surface area contributed by atoms with Crippen LogP contribution in [0, 0.1) is 5.92 Å². The predicted molar refractivity (Wildman–Crippen MR) is 81.9 cm³/mol. The van der Waals surface area contributed by atoms with Crippen molar-refractivity contribution >= 4 is 28.9 Å². The van der Waals surface area contributed by atoms with Crippen LogP contribution in [-0.2, 0) is 9.53 Å². The van der Waals surface area contributed by atoms with Gasteiger partial charge in [-0.1, -0.05) is 24.4 Å². The van der Waals surface area contributed by atoms with E-state index in [9.17, 15) is 4.79 Å². The number of nitrogen functional groups attached to an aromatic ring is 1. The lowest BCUT2D eigenvalue weighted by Gasteiger charge is -2.11. The molecule has 0 heterocycles. The van der Waals surface area contributed by atoms with Gasteiger partial charge >= 0.3 is 0 Å². The molecule has 4 nitrogen and oxygen atoms in total. The first-order valence-corrected chi connectivity index (χ1v) is 7.45. The highest BCUT2D eigenvalue weighted by Gasteiger charge is 2.15. The predicted octanol–water partition coefficient (Wildman–Crippen LogP) is 3.46. The molecule has 0 aromatic heterocycles. The Balaban J connectivity index is 1.67. The van der Waals surface area contributed by atoms with Crippen LogP contribution >= 0.6 is 11.6 Å². The molecule has 1 aliphatic rings. The van der Waals surface area contributed by atoms with Gasteiger partial charge in [0.25, 0.3) is 0 Å². The van der Waals surface area contributed by atoms with Gasteiger partial charge in [0.1, 0.15) is 0 Å². The normalized spacial score (nSPS) is 15.4. The van der Waals surface area contributed by atoms with Crippen molar-refractivity contribution in [2.75, 3.05) is 24.3 Å². The number of hydrogen-bond acceptors (Lipinski definition) is 3. The van der Waals surface area contributed by atoms with E-state index in [0.29, 0.717) is 35.3 Å². The van der Waals surface area contributed by atoms with E-state index in [0.717, 1.165) is 6.61 Å². The zero-order valence-corrected chi connectivity index (χ0v) is 12.3. The summed E-state index contributed by atoms with van der Waals surface area (Å²) in [6, 6.07) is 5.02. The third-order valence-corrected chi connectivity index (χ3v) is 3.82. The molecule has 0 saturated heterocycles. The molecule has 0 spiro atoms. The second kappa shape index (κ2) is 7.50. The van der Waals surface area contributed by atoms with Gasteiger partial charge < -0.3 is 15.8 Å². The van der Waals surface area contributed by atoms with Crippen LogP contribution in [0.4, 0.5) is 11.4 Å². The minimum atomic E-state index is -0.0922. The molecule has 1 aromatic carbocycles. The van der Waals surface area contributed by atoms with Crippen LogP contribution in [0.15, 0.2) is 18.2 Å². The van der Waals surface area contributed by atoms with E-state index >= 15 is 0 Å². The molecule has 110 valence electrons. The average molecular weight is 297 g/mol. The van der Waals surface area contributed by atoms with Crippen molar-refractivity contribution in [2.24, 2.45) is 5.92 Å². The van der Waals surface area contributed by atoms with Gasteiger partial charge in [-0.05, 0) is 37.0 Å². The Morgan fingerprint density at radius 3 is 2.85 bits per heavy atom. The number of nitrogens with two attached hydrogens (primary N) is 1. The third kappa shape index (κ3) is 4.69. The molecule has 2 rings (SSSR count). The smallest absolute Gasteiger partial charge is 0.226 e. The summed E-state index contributed by atoms with van der Waals surface area (Å²) in [5, 5.41) is 3.32. The van der Waals surface area contributed by atoms with Gasteiger partial charge in [-0.15, -0.1) is 0 Å². The molecule has 0 radical (unpaired) electrons. The Morgan fingerprint density at radius 2 is 2.15 bits per heavy atom. The molecule has 0 aliphatic heterocycles. The zero-order valence-electron chi connectivity index (χ0n) is 11.5. The monoisotopic (exact) mass is 296 g/mol. The van der Waals surface area contributed by atoms with E-state index in [2.05, 4.69) is 5.32 Å². The first kappa shape index (κ1) is 15.1. The molecular weight excluding hydrogens is 276 g/mol. The number of rotatable bonds is 6. The number of carbonyl (C=O) groups excluding carboxylic acids is 1. The van der Waals surface area contributed by atoms with Crippen molar-refractivity contribution in [1.29, 1.82) is 0 Å². The Kier molecular flexibility index (Phi) is 5.68. The first-order valence-electron chi connectivity index (χ1n) is 7.08. The zero-order chi connectivity index (χ0) is 14.4. The van der Waals surface area contributed by atoms with Gasteiger partial charge in [-0.2, -0.15) is 0 Å².